The highest BCUT2D eigenvalue weighted by Crippen LogP contribution is 2.30. The van der Waals surface area contributed by atoms with Crippen LogP contribution in [0.1, 0.15) is 46.3 Å². The molecule has 3 aromatic heterocycles. The molecule has 0 bridgehead atoms. The summed E-state index contributed by atoms with van der Waals surface area (Å²) in [6.45, 7) is 5.20. The van der Waals surface area contributed by atoms with Crippen LogP contribution in [0.25, 0.3) is 11.0 Å². The van der Waals surface area contributed by atoms with Crippen LogP contribution in [-0.2, 0) is 0 Å². The van der Waals surface area contributed by atoms with Crippen molar-refractivity contribution in [1.82, 2.24) is 24.8 Å². The second-order valence-corrected chi connectivity index (χ2v) is 6.76. The number of fused-ring (bicyclic) bond motifs is 1. The molecule has 1 saturated heterocycles. The van der Waals surface area contributed by atoms with E-state index in [0.717, 1.165) is 47.6 Å². The van der Waals surface area contributed by atoms with E-state index in [2.05, 4.69) is 15.0 Å². The summed E-state index contributed by atoms with van der Waals surface area (Å²) in [5, 5.41) is 0.981. The van der Waals surface area contributed by atoms with Gasteiger partial charge < -0.3 is 4.90 Å². The first kappa shape index (κ1) is 16.6. The maximum absolute atomic E-state index is 13.0. The van der Waals surface area contributed by atoms with Crippen LogP contribution in [0.15, 0.2) is 36.7 Å². The van der Waals surface area contributed by atoms with E-state index in [0.29, 0.717) is 12.1 Å². The lowest BCUT2D eigenvalue weighted by molar-refractivity contribution is 0.0705. The number of nitrogens with zero attached hydrogens (tertiary/aromatic N) is 5. The van der Waals surface area contributed by atoms with E-state index in [4.69, 9.17) is 4.98 Å². The predicted molar refractivity (Wildman–Crippen MR) is 98.9 cm³/mol. The maximum atomic E-state index is 13.0. The smallest absolute Gasteiger partial charge is 0.255 e. The van der Waals surface area contributed by atoms with Crippen LogP contribution in [0.3, 0.4) is 0 Å². The van der Waals surface area contributed by atoms with Crippen LogP contribution in [-0.4, -0.2) is 43.8 Å². The van der Waals surface area contributed by atoms with Crippen molar-refractivity contribution in [3.05, 3.63) is 59.4 Å². The molecule has 0 N–H and O–H groups in total. The van der Waals surface area contributed by atoms with Gasteiger partial charge in [-0.1, -0.05) is 0 Å². The molecule has 1 amide bonds. The van der Waals surface area contributed by atoms with Crippen LogP contribution in [0, 0.1) is 13.8 Å². The Hall–Kier alpha value is -2.89. The summed E-state index contributed by atoms with van der Waals surface area (Å²) in [6, 6.07) is 7.59. The molecule has 1 aliphatic rings. The maximum Gasteiger partial charge on any atom is 0.255 e. The molecule has 0 unspecified atom stereocenters. The Bertz CT molecular complexity index is 971. The summed E-state index contributed by atoms with van der Waals surface area (Å²) in [4.78, 5) is 32.7. The number of carbonyl (C=O) groups excluding carboxylic acids is 1. The van der Waals surface area contributed by atoms with Gasteiger partial charge in [-0.2, -0.15) is 0 Å². The normalized spacial score (nSPS) is 17.5. The minimum atomic E-state index is 0.0495. The monoisotopic (exact) mass is 347 g/mol. The molecular weight excluding hydrogens is 326 g/mol. The number of aromatic nitrogens is 4. The number of hydrogen-bond donors (Lipinski definition) is 0. The zero-order valence-electron chi connectivity index (χ0n) is 15.0. The average molecular weight is 347 g/mol. The van der Waals surface area contributed by atoms with Gasteiger partial charge in [-0.3, -0.25) is 9.78 Å². The highest BCUT2D eigenvalue weighted by molar-refractivity contribution is 5.95. The summed E-state index contributed by atoms with van der Waals surface area (Å²) in [6.07, 6.45) is 5.44. The Morgan fingerprint density at radius 1 is 1.12 bits per heavy atom. The van der Waals surface area contributed by atoms with Crippen LogP contribution in [0.4, 0.5) is 0 Å². The van der Waals surface area contributed by atoms with E-state index >= 15 is 0 Å². The van der Waals surface area contributed by atoms with Crippen molar-refractivity contribution >= 4 is 16.9 Å². The average Bonchev–Trinajstić information content (AvgIpc) is 2.67. The zero-order valence-corrected chi connectivity index (χ0v) is 15.0. The predicted octanol–water partition coefficient (Wildman–Crippen LogP) is 3.06. The fourth-order valence-corrected chi connectivity index (χ4v) is 3.68. The van der Waals surface area contributed by atoms with Crippen molar-refractivity contribution in [3.8, 4) is 0 Å². The highest BCUT2D eigenvalue weighted by atomic mass is 16.2. The van der Waals surface area contributed by atoms with Crippen molar-refractivity contribution in [3.63, 3.8) is 0 Å². The lowest BCUT2D eigenvalue weighted by Gasteiger charge is -2.33. The number of pyridine rings is 2. The van der Waals surface area contributed by atoms with Crippen LogP contribution < -0.4 is 0 Å². The van der Waals surface area contributed by atoms with E-state index in [9.17, 15) is 4.79 Å². The van der Waals surface area contributed by atoms with E-state index < -0.39 is 0 Å². The summed E-state index contributed by atoms with van der Waals surface area (Å²) in [5.41, 5.74) is 3.17. The Labute approximate surface area is 152 Å². The first-order valence-corrected chi connectivity index (χ1v) is 8.93. The second-order valence-electron chi connectivity index (χ2n) is 6.76. The van der Waals surface area contributed by atoms with Gasteiger partial charge in [0, 0.05) is 42.5 Å². The minimum absolute atomic E-state index is 0.0495. The van der Waals surface area contributed by atoms with E-state index in [-0.39, 0.29) is 11.8 Å². The molecule has 26 heavy (non-hydrogen) atoms. The van der Waals surface area contributed by atoms with Crippen LogP contribution in [0.5, 0.6) is 0 Å². The number of carbonyl (C=O) groups is 1. The minimum Gasteiger partial charge on any atom is -0.338 e. The molecule has 6 nitrogen and oxygen atoms in total. The van der Waals surface area contributed by atoms with Gasteiger partial charge in [0.1, 0.15) is 5.82 Å². The molecule has 0 aliphatic carbocycles. The van der Waals surface area contributed by atoms with Gasteiger partial charge in [-0.05, 0) is 51.0 Å². The van der Waals surface area contributed by atoms with Gasteiger partial charge >= 0.3 is 0 Å². The summed E-state index contributed by atoms with van der Waals surface area (Å²) in [7, 11) is 0. The molecule has 4 rings (SSSR count). The summed E-state index contributed by atoms with van der Waals surface area (Å²) in [5.74, 6) is 0.962. The number of piperidine rings is 1. The molecule has 1 fully saturated rings. The molecule has 3 aromatic rings. The highest BCUT2D eigenvalue weighted by Gasteiger charge is 2.28. The molecule has 0 spiro atoms. The molecule has 6 heteroatoms. The van der Waals surface area contributed by atoms with Gasteiger partial charge in [-0.25, -0.2) is 15.0 Å². The summed E-state index contributed by atoms with van der Waals surface area (Å²) < 4.78 is 0. The molecular formula is C20H21N5O. The third-order valence-corrected chi connectivity index (χ3v) is 4.95. The summed E-state index contributed by atoms with van der Waals surface area (Å²) >= 11 is 0. The Morgan fingerprint density at radius 2 is 1.92 bits per heavy atom. The van der Waals surface area contributed by atoms with Crippen molar-refractivity contribution in [2.75, 3.05) is 13.1 Å². The SMILES string of the molecule is Cc1nc([C@H]2CCCN(C(=O)c3cccnc3C)C2)c2cccnc2n1. The first-order valence-electron chi connectivity index (χ1n) is 8.93. The molecule has 0 radical (unpaired) electrons. The third kappa shape index (κ3) is 3.03. The van der Waals surface area contributed by atoms with Gasteiger partial charge in [0.25, 0.3) is 5.91 Å². The van der Waals surface area contributed by atoms with E-state index in [1.165, 1.54) is 0 Å². The Morgan fingerprint density at radius 3 is 2.77 bits per heavy atom. The molecule has 0 aromatic carbocycles. The molecule has 132 valence electrons. The van der Waals surface area contributed by atoms with Crippen molar-refractivity contribution in [2.24, 2.45) is 0 Å². The lowest BCUT2D eigenvalue weighted by atomic mass is 9.92. The zero-order chi connectivity index (χ0) is 18.1. The van der Waals surface area contributed by atoms with Gasteiger partial charge in [0.15, 0.2) is 5.65 Å². The van der Waals surface area contributed by atoms with Crippen molar-refractivity contribution < 1.29 is 4.79 Å². The van der Waals surface area contributed by atoms with Gasteiger partial charge in [-0.15, -0.1) is 0 Å². The number of likely N-dealkylation sites (tertiary alicyclic amines) is 1. The Balaban J connectivity index is 1.66. The number of amides is 1. The van der Waals surface area contributed by atoms with Crippen molar-refractivity contribution in [2.45, 2.75) is 32.6 Å². The number of aryl methyl sites for hydroxylation is 2. The van der Waals surface area contributed by atoms with Gasteiger partial charge in [0.2, 0.25) is 0 Å². The quantitative estimate of drug-likeness (QED) is 0.712. The topological polar surface area (TPSA) is 71.9 Å². The fourth-order valence-electron chi connectivity index (χ4n) is 3.68. The standard InChI is InChI=1S/C20H21N5O/c1-13-16(7-3-9-21-13)20(26)25-11-5-6-15(12-25)18-17-8-4-10-22-19(17)24-14(2)23-18/h3-4,7-10,15H,5-6,11-12H2,1-2H3/t15-/m0/s1. The second kappa shape index (κ2) is 6.78. The Kier molecular flexibility index (Phi) is 4.32. The van der Waals surface area contributed by atoms with E-state index in [1.807, 2.05) is 43.0 Å². The molecule has 4 heterocycles. The molecule has 1 atom stereocenters. The van der Waals surface area contributed by atoms with Crippen LogP contribution >= 0.6 is 0 Å². The number of rotatable bonds is 2. The lowest BCUT2D eigenvalue weighted by Crippen LogP contribution is -2.39. The van der Waals surface area contributed by atoms with Crippen molar-refractivity contribution in [1.29, 1.82) is 0 Å². The molecule has 0 saturated carbocycles. The fraction of sp³-hybridized carbons (Fsp3) is 0.350. The molecule has 1 aliphatic heterocycles. The largest absolute Gasteiger partial charge is 0.338 e. The third-order valence-electron chi connectivity index (χ3n) is 4.95. The van der Waals surface area contributed by atoms with Crippen LogP contribution in [0.2, 0.25) is 0 Å². The number of hydrogen-bond acceptors (Lipinski definition) is 5. The van der Waals surface area contributed by atoms with Gasteiger partial charge in [0.05, 0.1) is 11.3 Å². The van der Waals surface area contributed by atoms with E-state index in [1.54, 1.807) is 12.4 Å². The first-order chi connectivity index (χ1) is 12.6.